The predicted molar refractivity (Wildman–Crippen MR) is 108 cm³/mol. The normalized spacial score (nSPS) is 17.1. The smallest absolute Gasteiger partial charge is 0.198 e. The van der Waals surface area contributed by atoms with Crippen LogP contribution in [0.2, 0.25) is 0 Å². The average Bonchev–Trinajstić information content (AvgIpc) is 3.47. The van der Waals surface area contributed by atoms with Gasteiger partial charge in [0.25, 0.3) is 0 Å². The Morgan fingerprint density at radius 1 is 1.20 bits per heavy atom. The molecule has 160 valence electrons. The monoisotopic (exact) mass is 431 g/mol. The number of aryl methyl sites for hydroxylation is 1. The molecule has 0 radical (unpaired) electrons. The summed E-state index contributed by atoms with van der Waals surface area (Å²) in [4.78, 5) is 2.37. The van der Waals surface area contributed by atoms with Gasteiger partial charge in [-0.3, -0.25) is 4.90 Å². The molecule has 1 aromatic carbocycles. The molecule has 1 saturated heterocycles. The van der Waals surface area contributed by atoms with Crippen LogP contribution >= 0.6 is 0 Å². The van der Waals surface area contributed by atoms with Gasteiger partial charge in [-0.25, -0.2) is 13.1 Å². The van der Waals surface area contributed by atoms with Crippen molar-refractivity contribution in [1.29, 1.82) is 0 Å². The molecule has 1 fully saturated rings. The predicted octanol–water partition coefficient (Wildman–Crippen LogP) is 2.19. The summed E-state index contributed by atoms with van der Waals surface area (Å²) in [7, 11) is -3.57. The van der Waals surface area contributed by atoms with Gasteiger partial charge in [0.2, 0.25) is 0 Å². The molecule has 2 aromatic heterocycles. The second-order valence-electron chi connectivity index (χ2n) is 7.54. The van der Waals surface area contributed by atoms with Crippen molar-refractivity contribution in [2.45, 2.75) is 49.7 Å². The molecule has 0 amide bonds. The summed E-state index contributed by atoms with van der Waals surface area (Å²) in [6.45, 7) is 4.32. The van der Waals surface area contributed by atoms with E-state index in [0.717, 1.165) is 30.8 Å². The van der Waals surface area contributed by atoms with Crippen molar-refractivity contribution >= 4 is 9.84 Å². The van der Waals surface area contributed by atoms with E-state index in [1.807, 2.05) is 19.1 Å². The van der Waals surface area contributed by atoms with Crippen molar-refractivity contribution in [3.8, 4) is 0 Å². The number of furan rings is 1. The topological polar surface area (TPSA) is 103 Å². The van der Waals surface area contributed by atoms with E-state index >= 15 is 0 Å². The molecule has 0 aliphatic carbocycles. The lowest BCUT2D eigenvalue weighted by atomic mass is 10.2. The number of aromatic nitrogens is 4. The van der Waals surface area contributed by atoms with Crippen molar-refractivity contribution in [3.63, 3.8) is 0 Å². The maximum atomic E-state index is 12.8. The van der Waals surface area contributed by atoms with Gasteiger partial charge in [0.05, 0.1) is 30.4 Å². The van der Waals surface area contributed by atoms with E-state index in [0.29, 0.717) is 25.5 Å². The van der Waals surface area contributed by atoms with Gasteiger partial charge in [-0.2, -0.15) is 0 Å². The number of sulfone groups is 1. The van der Waals surface area contributed by atoms with Crippen molar-refractivity contribution in [2.24, 2.45) is 0 Å². The van der Waals surface area contributed by atoms with Crippen LogP contribution in [0.4, 0.5) is 0 Å². The number of rotatable bonds is 9. The summed E-state index contributed by atoms with van der Waals surface area (Å²) in [5.74, 6) is 0.988. The van der Waals surface area contributed by atoms with E-state index in [2.05, 4.69) is 20.4 Å². The Kier molecular flexibility index (Phi) is 6.26. The third-order valence-corrected chi connectivity index (χ3v) is 6.66. The Labute approximate surface area is 175 Å². The minimum absolute atomic E-state index is 0.139. The zero-order chi connectivity index (χ0) is 21.0. The van der Waals surface area contributed by atoms with Crippen LogP contribution in [0.1, 0.15) is 30.0 Å². The van der Waals surface area contributed by atoms with E-state index in [4.69, 9.17) is 9.15 Å². The lowest BCUT2D eigenvalue weighted by Crippen LogP contribution is -2.32. The molecule has 30 heavy (non-hydrogen) atoms. The number of hydrogen-bond donors (Lipinski definition) is 0. The van der Waals surface area contributed by atoms with Crippen LogP contribution in [0.3, 0.4) is 0 Å². The fourth-order valence-corrected chi connectivity index (χ4v) is 4.72. The van der Waals surface area contributed by atoms with Crippen LogP contribution in [0.5, 0.6) is 0 Å². The maximum absolute atomic E-state index is 12.8. The standard InChI is InChI=1S/C20H25N5O4S/c1-16-6-8-19(9-7-16)30(26,27)15-25-20(21-22-23-25)14-24(12-17-4-2-10-28-17)13-18-5-3-11-29-18/h2,4,6-10,18H,3,5,11-15H2,1H3/t18-/m1/s1. The van der Waals surface area contributed by atoms with Crippen molar-refractivity contribution in [1.82, 2.24) is 25.1 Å². The van der Waals surface area contributed by atoms with Gasteiger partial charge in [0, 0.05) is 13.2 Å². The van der Waals surface area contributed by atoms with E-state index in [1.54, 1.807) is 30.5 Å². The summed E-state index contributed by atoms with van der Waals surface area (Å²) >= 11 is 0. The van der Waals surface area contributed by atoms with Gasteiger partial charge in [-0.1, -0.05) is 17.7 Å². The van der Waals surface area contributed by atoms with E-state index in [9.17, 15) is 8.42 Å². The molecular weight excluding hydrogens is 406 g/mol. The van der Waals surface area contributed by atoms with Crippen LogP contribution in [0, 0.1) is 6.92 Å². The molecule has 1 aliphatic heterocycles. The minimum Gasteiger partial charge on any atom is -0.468 e. The molecule has 0 N–H and O–H groups in total. The summed E-state index contributed by atoms with van der Waals surface area (Å²) in [5.41, 5.74) is 1.000. The lowest BCUT2D eigenvalue weighted by Gasteiger charge is -2.23. The number of nitrogens with zero attached hydrogens (tertiary/aromatic N) is 5. The SMILES string of the molecule is Cc1ccc(S(=O)(=O)Cn2nnnc2CN(Cc2ccco2)C[C@H]2CCCO2)cc1. The highest BCUT2D eigenvalue weighted by Gasteiger charge is 2.24. The molecule has 1 atom stereocenters. The van der Waals surface area contributed by atoms with Gasteiger partial charge in [-0.15, -0.1) is 5.10 Å². The molecule has 0 spiro atoms. The van der Waals surface area contributed by atoms with Crippen molar-refractivity contribution in [3.05, 3.63) is 59.8 Å². The number of benzene rings is 1. The second kappa shape index (κ2) is 9.07. The summed E-state index contributed by atoms with van der Waals surface area (Å²) in [6.07, 6.45) is 3.82. The highest BCUT2D eigenvalue weighted by atomic mass is 32.2. The van der Waals surface area contributed by atoms with Gasteiger partial charge in [-0.05, 0) is 54.5 Å². The van der Waals surface area contributed by atoms with E-state index < -0.39 is 9.84 Å². The highest BCUT2D eigenvalue weighted by Crippen LogP contribution is 2.18. The van der Waals surface area contributed by atoms with Crippen molar-refractivity contribution < 1.29 is 17.6 Å². The molecule has 9 nitrogen and oxygen atoms in total. The molecule has 0 bridgehead atoms. The fraction of sp³-hybridized carbons (Fsp3) is 0.450. The zero-order valence-electron chi connectivity index (χ0n) is 16.8. The molecule has 4 rings (SSSR count). The molecule has 10 heteroatoms. The largest absolute Gasteiger partial charge is 0.468 e. The van der Waals surface area contributed by atoms with Crippen LogP contribution in [0.25, 0.3) is 0 Å². The molecule has 3 aromatic rings. The fourth-order valence-electron chi connectivity index (χ4n) is 3.50. The van der Waals surface area contributed by atoms with E-state index in [-0.39, 0.29) is 16.9 Å². The maximum Gasteiger partial charge on any atom is 0.198 e. The first-order valence-corrected chi connectivity index (χ1v) is 11.6. The van der Waals surface area contributed by atoms with Crippen LogP contribution in [0.15, 0.2) is 52.0 Å². The molecule has 0 saturated carbocycles. The van der Waals surface area contributed by atoms with E-state index in [1.165, 1.54) is 4.68 Å². The third kappa shape index (κ3) is 5.13. The Hall–Kier alpha value is -2.56. The van der Waals surface area contributed by atoms with Gasteiger partial charge < -0.3 is 9.15 Å². The third-order valence-electron chi connectivity index (χ3n) is 5.09. The Balaban J connectivity index is 1.50. The Morgan fingerprint density at radius 2 is 2.03 bits per heavy atom. The summed E-state index contributed by atoms with van der Waals surface area (Å²) in [6, 6.07) is 10.5. The minimum atomic E-state index is -3.57. The number of tetrazole rings is 1. The summed E-state index contributed by atoms with van der Waals surface area (Å²) < 4.78 is 38.2. The van der Waals surface area contributed by atoms with Crippen molar-refractivity contribution in [2.75, 3.05) is 13.2 Å². The molecule has 3 heterocycles. The molecule has 1 aliphatic rings. The highest BCUT2D eigenvalue weighted by molar-refractivity contribution is 7.90. The van der Waals surface area contributed by atoms with Crippen LogP contribution in [-0.2, 0) is 33.5 Å². The lowest BCUT2D eigenvalue weighted by molar-refractivity contribution is 0.0641. The van der Waals surface area contributed by atoms with Gasteiger partial charge in [0.15, 0.2) is 21.5 Å². The quantitative estimate of drug-likeness (QED) is 0.508. The first-order valence-electron chi connectivity index (χ1n) is 9.90. The Morgan fingerprint density at radius 3 is 2.73 bits per heavy atom. The Bertz CT molecular complexity index is 1040. The second-order valence-corrected chi connectivity index (χ2v) is 9.49. The van der Waals surface area contributed by atoms with Crippen LogP contribution in [-0.4, -0.2) is 52.8 Å². The average molecular weight is 432 g/mol. The number of hydrogen-bond acceptors (Lipinski definition) is 8. The molecule has 0 unspecified atom stereocenters. The van der Waals surface area contributed by atoms with Gasteiger partial charge >= 0.3 is 0 Å². The first kappa shape index (κ1) is 20.7. The number of ether oxygens (including phenoxy) is 1. The van der Waals surface area contributed by atoms with Crippen LogP contribution < -0.4 is 0 Å². The first-order chi connectivity index (χ1) is 14.5. The van der Waals surface area contributed by atoms with Gasteiger partial charge in [0.1, 0.15) is 5.76 Å². The molecular formula is C20H25N5O4S. The zero-order valence-corrected chi connectivity index (χ0v) is 17.7. The summed E-state index contributed by atoms with van der Waals surface area (Å²) in [5, 5.41) is 11.7.